The SMILES string of the molecule is CC(=O)OCCCC(O)CC(=O)SCCNC(=O)CCNC(=O)[C@H](O)C(C)(C)COP(=O)(O)OP(=O)(O)OC[C@H]1O[C@@H](n2cnc3c(N)ncnc32)[C@H](O)[C@@H]1OP(=O)(O)O. The highest BCUT2D eigenvalue weighted by Crippen LogP contribution is 2.61. The number of carbonyl (C=O) groups is 4. The third-order valence-electron chi connectivity index (χ3n) is 8.15. The smallest absolute Gasteiger partial charge is 0.466 e. The molecule has 0 aliphatic carbocycles. The third-order valence-corrected chi connectivity index (χ3v) is 12.2. The Morgan fingerprint density at radius 1 is 1.03 bits per heavy atom. The van der Waals surface area contributed by atoms with Crippen molar-refractivity contribution in [3.05, 3.63) is 12.7 Å². The number of aliphatic hydroxyl groups is 3. The highest BCUT2D eigenvalue weighted by molar-refractivity contribution is 8.13. The predicted molar refractivity (Wildman–Crippen MR) is 204 cm³/mol. The van der Waals surface area contributed by atoms with Crippen molar-refractivity contribution in [3.8, 4) is 0 Å². The summed E-state index contributed by atoms with van der Waals surface area (Å²) < 4.78 is 66.8. The van der Waals surface area contributed by atoms with Gasteiger partial charge in [-0.05, 0) is 12.8 Å². The van der Waals surface area contributed by atoms with Gasteiger partial charge in [0.15, 0.2) is 22.8 Å². The zero-order valence-electron chi connectivity index (χ0n) is 32.2. The first-order valence-corrected chi connectivity index (χ1v) is 23.2. The summed E-state index contributed by atoms with van der Waals surface area (Å²) in [4.78, 5) is 98.4. The predicted octanol–water partition coefficient (Wildman–Crippen LogP) is -1.24. The molecule has 3 rings (SSSR count). The van der Waals surface area contributed by atoms with Crippen LogP contribution in [0.25, 0.3) is 11.2 Å². The van der Waals surface area contributed by atoms with Gasteiger partial charge in [0.25, 0.3) is 0 Å². The zero-order chi connectivity index (χ0) is 45.1. The minimum Gasteiger partial charge on any atom is -0.466 e. The second kappa shape index (κ2) is 22.4. The standard InChI is InChI=1S/C29H48N7O20P3S/c1-16(37)51-9-4-5-17(38)11-20(40)60-10-8-31-19(39)6-7-32-27(43)24(42)29(2,3)13-53-59(49,50)56-58(47,48)52-12-18-23(55-57(44,45)46)22(41)28(54-18)36-15-35-21-25(30)33-14-34-26(21)36/h14-15,17-18,22-24,28,38,41-42H,4-13H2,1-3H3,(H,31,39)(H,32,43)(H,47,48)(H,49,50)(H2,30,33,34)(H2,44,45,46)/t17?,18-,22-,23-,24+,28-/m1/s1. The molecule has 3 heterocycles. The lowest BCUT2D eigenvalue weighted by atomic mass is 9.87. The van der Waals surface area contributed by atoms with Gasteiger partial charge in [0.2, 0.25) is 11.8 Å². The molecule has 1 saturated heterocycles. The minimum atomic E-state index is -5.59. The molecule has 0 radical (unpaired) electrons. The number of carbonyl (C=O) groups excluding carboxylic acids is 4. The number of phosphoric acid groups is 3. The fourth-order valence-corrected chi connectivity index (χ4v) is 8.75. The van der Waals surface area contributed by atoms with Crippen LogP contribution in [0.15, 0.2) is 12.7 Å². The van der Waals surface area contributed by atoms with Crippen LogP contribution in [0.4, 0.5) is 5.82 Å². The first kappa shape index (κ1) is 51.3. The van der Waals surface area contributed by atoms with E-state index in [-0.39, 0.29) is 66.8 Å². The van der Waals surface area contributed by atoms with Gasteiger partial charge in [0.1, 0.15) is 36.3 Å². The molecule has 60 heavy (non-hydrogen) atoms. The minimum absolute atomic E-state index is 0.0194. The van der Waals surface area contributed by atoms with E-state index in [0.717, 1.165) is 29.0 Å². The number of thioether (sulfide) groups is 1. The zero-order valence-corrected chi connectivity index (χ0v) is 35.7. The Bertz CT molecular complexity index is 1950. The molecule has 31 heteroatoms. The van der Waals surface area contributed by atoms with E-state index >= 15 is 0 Å². The lowest BCUT2D eigenvalue weighted by Crippen LogP contribution is -2.46. The van der Waals surface area contributed by atoms with Gasteiger partial charge >= 0.3 is 29.4 Å². The number of nitrogens with one attached hydrogen (secondary N) is 2. The number of aromatic nitrogens is 4. The van der Waals surface area contributed by atoms with Crippen LogP contribution in [0.1, 0.15) is 52.7 Å². The van der Waals surface area contributed by atoms with Crippen LogP contribution in [0, 0.1) is 5.41 Å². The molecule has 0 saturated carbocycles. The Morgan fingerprint density at radius 2 is 1.72 bits per heavy atom. The quantitative estimate of drug-likeness (QED) is 0.0316. The van der Waals surface area contributed by atoms with Crippen molar-refractivity contribution in [2.24, 2.45) is 5.41 Å². The van der Waals surface area contributed by atoms with Gasteiger partial charge in [0, 0.05) is 44.0 Å². The van der Waals surface area contributed by atoms with Crippen LogP contribution in [-0.2, 0) is 60.2 Å². The number of imidazole rings is 1. The maximum Gasteiger partial charge on any atom is 0.481 e. The third kappa shape index (κ3) is 16.7. The number of esters is 1. The molecular weight excluding hydrogens is 891 g/mol. The number of aliphatic hydroxyl groups excluding tert-OH is 3. The Balaban J connectivity index is 1.42. The first-order valence-electron chi connectivity index (χ1n) is 17.7. The number of fused-ring (bicyclic) bond motifs is 1. The fourth-order valence-electron chi connectivity index (χ4n) is 5.18. The van der Waals surface area contributed by atoms with E-state index in [1.54, 1.807) is 0 Å². The molecule has 1 aliphatic heterocycles. The van der Waals surface area contributed by atoms with Gasteiger partial charge in [-0.15, -0.1) is 0 Å². The lowest BCUT2D eigenvalue weighted by molar-refractivity contribution is -0.141. The second-order valence-corrected chi connectivity index (χ2v) is 19.0. The number of nitrogens with zero attached hydrogens (tertiary/aromatic N) is 4. The molecule has 8 atom stereocenters. The van der Waals surface area contributed by atoms with E-state index in [9.17, 15) is 67.8 Å². The number of nitrogens with two attached hydrogens (primary N) is 1. The Labute approximate surface area is 345 Å². The molecule has 0 aromatic carbocycles. The Morgan fingerprint density at radius 3 is 2.38 bits per heavy atom. The summed E-state index contributed by atoms with van der Waals surface area (Å²) in [5, 5.41) is 35.9. The summed E-state index contributed by atoms with van der Waals surface area (Å²) in [5.74, 6) is -1.82. The summed E-state index contributed by atoms with van der Waals surface area (Å²) in [6.45, 7) is 1.62. The normalized spacial score (nSPS) is 21.4. The van der Waals surface area contributed by atoms with Crippen molar-refractivity contribution in [1.29, 1.82) is 0 Å². The molecule has 2 aromatic rings. The van der Waals surface area contributed by atoms with Crippen LogP contribution < -0.4 is 16.4 Å². The molecular formula is C29H48N7O20P3S. The summed E-state index contributed by atoms with van der Waals surface area (Å²) in [7, 11) is -16.5. The largest absolute Gasteiger partial charge is 0.481 e. The fraction of sp³-hybridized carbons (Fsp3) is 0.690. The maximum absolute atomic E-state index is 12.7. The van der Waals surface area contributed by atoms with E-state index in [0.29, 0.717) is 6.42 Å². The van der Waals surface area contributed by atoms with Gasteiger partial charge in [-0.2, -0.15) is 4.31 Å². The van der Waals surface area contributed by atoms with Crippen molar-refractivity contribution in [1.82, 2.24) is 30.2 Å². The molecule has 3 unspecified atom stereocenters. The Hall–Kier alpha value is -3.01. The molecule has 0 bridgehead atoms. The van der Waals surface area contributed by atoms with Gasteiger partial charge in [0.05, 0.1) is 32.3 Å². The van der Waals surface area contributed by atoms with Crippen molar-refractivity contribution in [3.63, 3.8) is 0 Å². The molecule has 0 spiro atoms. The molecule has 2 aromatic heterocycles. The molecule has 1 fully saturated rings. The number of rotatable bonds is 25. The van der Waals surface area contributed by atoms with Crippen molar-refractivity contribution in [2.45, 2.75) is 83.2 Å². The highest BCUT2D eigenvalue weighted by Gasteiger charge is 2.50. The monoisotopic (exact) mass is 939 g/mol. The molecule has 2 amide bonds. The van der Waals surface area contributed by atoms with E-state index in [2.05, 4.69) is 34.4 Å². The maximum atomic E-state index is 12.7. The van der Waals surface area contributed by atoms with Crippen LogP contribution in [0.5, 0.6) is 0 Å². The number of anilines is 1. The molecule has 340 valence electrons. The first-order chi connectivity index (χ1) is 27.8. The van der Waals surface area contributed by atoms with Gasteiger partial charge in [-0.25, -0.2) is 28.6 Å². The lowest BCUT2D eigenvalue weighted by Gasteiger charge is -2.30. The van der Waals surface area contributed by atoms with Gasteiger partial charge in [-0.3, -0.25) is 37.3 Å². The molecule has 11 N–H and O–H groups in total. The number of hydrogen-bond acceptors (Lipinski definition) is 21. The van der Waals surface area contributed by atoms with Crippen molar-refractivity contribution >= 4 is 75.1 Å². The number of ether oxygens (including phenoxy) is 2. The summed E-state index contributed by atoms with van der Waals surface area (Å²) in [5.41, 5.74) is 4.20. The van der Waals surface area contributed by atoms with Crippen molar-refractivity contribution in [2.75, 3.05) is 44.4 Å². The van der Waals surface area contributed by atoms with Crippen LogP contribution in [0.3, 0.4) is 0 Å². The second-order valence-electron chi connectivity index (χ2n) is 13.6. The van der Waals surface area contributed by atoms with E-state index in [1.807, 2.05) is 0 Å². The number of hydrogen-bond donors (Lipinski definition) is 10. The molecule has 1 aliphatic rings. The van der Waals surface area contributed by atoms with E-state index < -0.39 is 96.6 Å². The number of amides is 2. The topological polar surface area (TPSA) is 410 Å². The highest BCUT2D eigenvalue weighted by atomic mass is 32.2. The number of phosphoric ester groups is 3. The summed E-state index contributed by atoms with van der Waals surface area (Å²) in [6, 6.07) is 0. The summed E-state index contributed by atoms with van der Waals surface area (Å²) in [6.07, 6.45) is -7.47. The molecule has 27 nitrogen and oxygen atoms in total. The van der Waals surface area contributed by atoms with E-state index in [1.165, 1.54) is 20.8 Å². The van der Waals surface area contributed by atoms with Crippen molar-refractivity contribution < 1.29 is 95.1 Å². The average molecular weight is 940 g/mol. The summed E-state index contributed by atoms with van der Waals surface area (Å²) >= 11 is 0.897. The van der Waals surface area contributed by atoms with Crippen LogP contribution in [0.2, 0.25) is 0 Å². The van der Waals surface area contributed by atoms with Gasteiger partial charge in [-0.1, -0.05) is 25.6 Å². The Kier molecular flexibility index (Phi) is 19.1. The van der Waals surface area contributed by atoms with Gasteiger partial charge < -0.3 is 60.7 Å². The average Bonchev–Trinajstić information content (AvgIpc) is 3.69. The van der Waals surface area contributed by atoms with E-state index in [4.69, 9.17) is 24.3 Å². The van der Waals surface area contributed by atoms with Crippen LogP contribution >= 0.6 is 35.2 Å². The number of nitrogen functional groups attached to an aromatic ring is 1. The van der Waals surface area contributed by atoms with Crippen LogP contribution in [-0.4, -0.2) is 146 Å².